The first-order chi connectivity index (χ1) is 13.4. The first kappa shape index (κ1) is 20.0. The second kappa shape index (κ2) is 8.54. The van der Waals surface area contributed by atoms with Crippen LogP contribution in [-0.2, 0) is 16.1 Å². The molecular formula is C20H18Cl2N2O4. The van der Waals surface area contributed by atoms with Crippen LogP contribution in [-0.4, -0.2) is 19.1 Å². The predicted molar refractivity (Wildman–Crippen MR) is 106 cm³/mol. The Kier molecular flexibility index (Phi) is 6.11. The Morgan fingerprint density at radius 2 is 1.86 bits per heavy atom. The minimum absolute atomic E-state index is 0.0780. The van der Waals surface area contributed by atoms with Gasteiger partial charge in [0.2, 0.25) is 0 Å². The summed E-state index contributed by atoms with van der Waals surface area (Å²) in [7, 11) is 1.58. The number of carbonyl (C=O) groups is 2. The van der Waals surface area contributed by atoms with Crippen molar-refractivity contribution in [3.05, 3.63) is 74.9 Å². The van der Waals surface area contributed by atoms with E-state index in [1.54, 1.807) is 44.4 Å². The van der Waals surface area contributed by atoms with Gasteiger partial charge in [-0.05, 0) is 42.3 Å². The maximum absolute atomic E-state index is 12.8. The molecule has 0 unspecified atom stereocenters. The van der Waals surface area contributed by atoms with Crippen molar-refractivity contribution in [2.24, 2.45) is 0 Å². The van der Waals surface area contributed by atoms with Gasteiger partial charge in [-0.25, -0.2) is 9.59 Å². The highest BCUT2D eigenvalue weighted by atomic mass is 35.5. The van der Waals surface area contributed by atoms with Gasteiger partial charge in [0.15, 0.2) is 0 Å². The molecule has 146 valence electrons. The molecule has 0 spiro atoms. The number of urea groups is 1. The van der Waals surface area contributed by atoms with Crippen molar-refractivity contribution in [1.29, 1.82) is 0 Å². The number of carbonyl (C=O) groups excluding carboxylic acids is 2. The summed E-state index contributed by atoms with van der Waals surface area (Å²) >= 11 is 12.2. The molecule has 2 amide bonds. The van der Waals surface area contributed by atoms with Crippen LogP contribution in [0.5, 0.6) is 5.75 Å². The highest BCUT2D eigenvalue weighted by molar-refractivity contribution is 6.35. The molecule has 0 bridgehead atoms. The molecule has 1 aliphatic heterocycles. The third kappa shape index (κ3) is 4.40. The minimum Gasteiger partial charge on any atom is -0.497 e. The summed E-state index contributed by atoms with van der Waals surface area (Å²) < 4.78 is 10.6. The zero-order chi connectivity index (χ0) is 20.3. The number of esters is 1. The Balaban J connectivity index is 1.83. The van der Waals surface area contributed by atoms with Gasteiger partial charge in [-0.1, -0.05) is 41.4 Å². The van der Waals surface area contributed by atoms with Gasteiger partial charge in [0.1, 0.15) is 12.4 Å². The Bertz CT molecular complexity index is 942. The number of ether oxygens (including phenoxy) is 2. The molecule has 1 atom stereocenters. The largest absolute Gasteiger partial charge is 0.497 e. The second-order valence-electron chi connectivity index (χ2n) is 6.16. The number of halogens is 2. The third-order valence-corrected chi connectivity index (χ3v) is 4.85. The summed E-state index contributed by atoms with van der Waals surface area (Å²) in [5, 5.41) is 6.11. The van der Waals surface area contributed by atoms with Crippen LogP contribution < -0.4 is 15.4 Å². The molecule has 28 heavy (non-hydrogen) atoms. The van der Waals surface area contributed by atoms with E-state index >= 15 is 0 Å². The first-order valence-electron chi connectivity index (χ1n) is 8.42. The predicted octanol–water partition coefficient (Wildman–Crippen LogP) is 4.37. The molecule has 2 aromatic rings. The monoisotopic (exact) mass is 420 g/mol. The molecule has 2 aromatic carbocycles. The lowest BCUT2D eigenvalue weighted by Crippen LogP contribution is -2.45. The van der Waals surface area contributed by atoms with Crippen LogP contribution in [0.1, 0.15) is 24.1 Å². The van der Waals surface area contributed by atoms with Crippen LogP contribution in [0, 0.1) is 0 Å². The van der Waals surface area contributed by atoms with Gasteiger partial charge in [-0.3, -0.25) is 0 Å². The maximum Gasteiger partial charge on any atom is 0.338 e. The molecule has 0 fully saturated rings. The zero-order valence-electron chi connectivity index (χ0n) is 15.2. The quantitative estimate of drug-likeness (QED) is 0.703. The molecule has 0 saturated carbocycles. The van der Waals surface area contributed by atoms with E-state index in [0.29, 0.717) is 27.1 Å². The third-order valence-electron chi connectivity index (χ3n) is 4.29. The van der Waals surface area contributed by atoms with Crippen LogP contribution in [0.25, 0.3) is 0 Å². The van der Waals surface area contributed by atoms with E-state index in [1.807, 2.05) is 12.1 Å². The van der Waals surface area contributed by atoms with Gasteiger partial charge < -0.3 is 20.1 Å². The Morgan fingerprint density at radius 3 is 2.50 bits per heavy atom. The Morgan fingerprint density at radius 1 is 1.14 bits per heavy atom. The summed E-state index contributed by atoms with van der Waals surface area (Å²) in [6, 6.07) is 10.9. The van der Waals surface area contributed by atoms with Gasteiger partial charge in [0.05, 0.1) is 18.7 Å². The molecule has 6 nitrogen and oxygen atoms in total. The Labute approximate surface area is 172 Å². The fourth-order valence-corrected chi connectivity index (χ4v) is 3.40. The number of hydrogen-bond acceptors (Lipinski definition) is 4. The minimum atomic E-state index is -0.748. The lowest BCUT2D eigenvalue weighted by Gasteiger charge is -2.28. The topological polar surface area (TPSA) is 76.7 Å². The number of methoxy groups -OCH3 is 1. The van der Waals surface area contributed by atoms with Crippen LogP contribution in [0.15, 0.2) is 53.7 Å². The summed E-state index contributed by atoms with van der Waals surface area (Å²) in [6.07, 6.45) is 0. The maximum atomic E-state index is 12.8. The van der Waals surface area contributed by atoms with Crippen molar-refractivity contribution in [2.45, 2.75) is 19.6 Å². The van der Waals surface area contributed by atoms with Crippen molar-refractivity contribution >= 4 is 35.2 Å². The van der Waals surface area contributed by atoms with Crippen molar-refractivity contribution in [1.82, 2.24) is 10.6 Å². The second-order valence-corrected chi connectivity index (χ2v) is 7.00. The molecule has 0 radical (unpaired) electrons. The number of amides is 2. The van der Waals surface area contributed by atoms with E-state index in [1.165, 1.54) is 0 Å². The van der Waals surface area contributed by atoms with Crippen molar-refractivity contribution in [3.8, 4) is 5.75 Å². The molecule has 1 aliphatic rings. The molecule has 0 saturated heterocycles. The zero-order valence-corrected chi connectivity index (χ0v) is 16.7. The molecule has 3 rings (SSSR count). The average molecular weight is 421 g/mol. The summed E-state index contributed by atoms with van der Waals surface area (Å²) in [6.45, 7) is 1.72. The average Bonchev–Trinajstić information content (AvgIpc) is 2.66. The number of rotatable bonds is 5. The highest BCUT2D eigenvalue weighted by Gasteiger charge is 2.33. The summed E-state index contributed by atoms with van der Waals surface area (Å²) in [4.78, 5) is 24.8. The normalized spacial score (nSPS) is 16.3. The molecule has 0 aliphatic carbocycles. The van der Waals surface area contributed by atoms with E-state index in [-0.39, 0.29) is 12.2 Å². The fraction of sp³-hybridized carbons (Fsp3) is 0.200. The van der Waals surface area contributed by atoms with Crippen molar-refractivity contribution < 1.29 is 19.1 Å². The molecule has 8 heteroatoms. The highest BCUT2D eigenvalue weighted by Crippen LogP contribution is 2.33. The number of allylic oxidation sites excluding steroid dienone is 1. The fourth-order valence-electron chi connectivity index (χ4n) is 2.88. The number of nitrogens with one attached hydrogen (secondary N) is 2. The van der Waals surface area contributed by atoms with Crippen LogP contribution in [0.2, 0.25) is 10.0 Å². The van der Waals surface area contributed by atoms with Crippen LogP contribution >= 0.6 is 23.2 Å². The van der Waals surface area contributed by atoms with Gasteiger partial charge in [0, 0.05) is 15.7 Å². The molecule has 1 heterocycles. The lowest BCUT2D eigenvalue weighted by atomic mass is 9.95. The van der Waals surface area contributed by atoms with Crippen molar-refractivity contribution in [3.63, 3.8) is 0 Å². The van der Waals surface area contributed by atoms with E-state index in [4.69, 9.17) is 32.7 Å². The van der Waals surface area contributed by atoms with E-state index in [0.717, 1.165) is 5.56 Å². The van der Waals surface area contributed by atoms with E-state index in [2.05, 4.69) is 10.6 Å². The summed E-state index contributed by atoms with van der Waals surface area (Å²) in [5.74, 6) is 0.155. The van der Waals surface area contributed by atoms with Gasteiger partial charge >= 0.3 is 12.0 Å². The molecule has 2 N–H and O–H groups in total. The van der Waals surface area contributed by atoms with Gasteiger partial charge in [-0.2, -0.15) is 0 Å². The first-order valence-corrected chi connectivity index (χ1v) is 9.18. The molecule has 0 aromatic heterocycles. The number of benzene rings is 2. The van der Waals surface area contributed by atoms with Gasteiger partial charge in [-0.15, -0.1) is 0 Å². The number of hydrogen-bond donors (Lipinski definition) is 2. The molecular weight excluding hydrogens is 403 g/mol. The van der Waals surface area contributed by atoms with Crippen LogP contribution in [0.4, 0.5) is 4.79 Å². The smallest absolute Gasteiger partial charge is 0.338 e. The summed E-state index contributed by atoms with van der Waals surface area (Å²) in [5.41, 5.74) is 2.04. The van der Waals surface area contributed by atoms with Gasteiger partial charge in [0.25, 0.3) is 0 Å². The van der Waals surface area contributed by atoms with E-state index < -0.39 is 18.0 Å². The van der Waals surface area contributed by atoms with E-state index in [9.17, 15) is 9.59 Å². The Hall–Kier alpha value is -2.70. The SMILES string of the molecule is COc1ccc(COC(=O)C2=C(C)NC(=O)N[C@H]2c2ccc(Cl)cc2Cl)cc1. The van der Waals surface area contributed by atoms with Crippen molar-refractivity contribution in [2.75, 3.05) is 7.11 Å². The standard InChI is InChI=1S/C20H18Cl2N2O4/c1-11-17(19(25)28-10-12-3-6-14(27-2)7-4-12)18(24-20(26)23-11)15-8-5-13(21)9-16(15)22/h3-9,18H,10H2,1-2H3,(H2,23,24,26)/t18-/m0/s1. The lowest BCUT2D eigenvalue weighted by molar-refractivity contribution is -0.140. The van der Waals surface area contributed by atoms with Crippen LogP contribution in [0.3, 0.4) is 0 Å².